The molecule has 1 aromatic carbocycles. The van der Waals surface area contributed by atoms with Gasteiger partial charge in [-0.05, 0) is 24.6 Å². The van der Waals surface area contributed by atoms with Gasteiger partial charge < -0.3 is 15.8 Å². The van der Waals surface area contributed by atoms with E-state index < -0.39 is 5.97 Å². The van der Waals surface area contributed by atoms with Crippen LogP contribution in [0.15, 0.2) is 36.5 Å². The molecule has 2 rings (SSSR count). The first-order valence-corrected chi connectivity index (χ1v) is 5.78. The Morgan fingerprint density at radius 1 is 1.37 bits per heavy atom. The lowest BCUT2D eigenvalue weighted by atomic mass is 10.2. The monoisotopic (exact) mass is 257 g/mol. The summed E-state index contributed by atoms with van der Waals surface area (Å²) in [5, 5.41) is 3.14. The third kappa shape index (κ3) is 2.82. The van der Waals surface area contributed by atoms with E-state index in [2.05, 4.69) is 15.0 Å². The van der Waals surface area contributed by atoms with Crippen LogP contribution in [0.4, 0.5) is 17.2 Å². The summed E-state index contributed by atoms with van der Waals surface area (Å²) in [6.45, 7) is 1.99. The summed E-state index contributed by atoms with van der Waals surface area (Å²) >= 11 is 0. The van der Waals surface area contributed by atoms with Crippen molar-refractivity contribution in [3.8, 4) is 0 Å². The molecule has 0 fully saturated rings. The third-order valence-corrected chi connectivity index (χ3v) is 2.74. The molecular weight excluding hydrogens is 242 g/mol. The average Bonchev–Trinajstić information content (AvgIpc) is 2.42. The Morgan fingerprint density at radius 3 is 2.74 bits per heavy atom. The molecule has 5 heteroatoms. The second-order valence-corrected chi connectivity index (χ2v) is 4.09. The number of nitrogens with one attached hydrogen (secondary N) is 1. The maximum atomic E-state index is 11.4. The van der Waals surface area contributed by atoms with Crippen LogP contribution in [0.3, 0.4) is 0 Å². The van der Waals surface area contributed by atoms with E-state index in [0.29, 0.717) is 17.1 Å². The zero-order valence-corrected chi connectivity index (χ0v) is 10.8. The first-order valence-electron chi connectivity index (χ1n) is 5.78. The number of hydrogen-bond acceptors (Lipinski definition) is 5. The van der Waals surface area contributed by atoms with Crippen molar-refractivity contribution < 1.29 is 9.53 Å². The van der Waals surface area contributed by atoms with Gasteiger partial charge in [0.15, 0.2) is 5.82 Å². The van der Waals surface area contributed by atoms with Crippen molar-refractivity contribution in [3.63, 3.8) is 0 Å². The Labute approximate surface area is 111 Å². The summed E-state index contributed by atoms with van der Waals surface area (Å²) in [6, 6.07) is 9.34. The molecule has 0 unspecified atom stereocenters. The van der Waals surface area contributed by atoms with Gasteiger partial charge in [0.25, 0.3) is 0 Å². The molecule has 0 saturated carbocycles. The van der Waals surface area contributed by atoms with E-state index >= 15 is 0 Å². The molecule has 0 aliphatic rings. The van der Waals surface area contributed by atoms with Crippen molar-refractivity contribution in [2.24, 2.45) is 0 Å². The minimum absolute atomic E-state index is 0.329. The van der Waals surface area contributed by atoms with E-state index in [1.807, 2.05) is 31.2 Å². The van der Waals surface area contributed by atoms with Gasteiger partial charge in [-0.2, -0.15) is 0 Å². The number of nitrogens with two attached hydrogens (primary N) is 1. The van der Waals surface area contributed by atoms with Gasteiger partial charge >= 0.3 is 5.97 Å². The van der Waals surface area contributed by atoms with Crippen LogP contribution >= 0.6 is 0 Å². The molecule has 0 spiro atoms. The SMILES string of the molecule is COC(=O)c1cnc(Nc2ccccc2C)c(N)c1. The predicted molar refractivity (Wildman–Crippen MR) is 74.5 cm³/mol. The lowest BCUT2D eigenvalue weighted by molar-refractivity contribution is 0.0600. The first kappa shape index (κ1) is 12.9. The summed E-state index contributed by atoms with van der Waals surface area (Å²) in [4.78, 5) is 15.5. The molecule has 0 saturated heterocycles. The number of hydrogen-bond donors (Lipinski definition) is 2. The molecule has 1 heterocycles. The number of benzene rings is 1. The molecule has 2 aromatic rings. The molecular formula is C14H15N3O2. The molecule has 19 heavy (non-hydrogen) atoms. The van der Waals surface area contributed by atoms with Crippen LogP contribution in [-0.4, -0.2) is 18.1 Å². The van der Waals surface area contributed by atoms with Crippen molar-refractivity contribution >= 4 is 23.2 Å². The highest BCUT2D eigenvalue weighted by Gasteiger charge is 2.10. The molecule has 3 N–H and O–H groups in total. The Morgan fingerprint density at radius 2 is 2.11 bits per heavy atom. The Balaban J connectivity index is 2.27. The van der Waals surface area contributed by atoms with Crippen molar-refractivity contribution in [3.05, 3.63) is 47.7 Å². The quantitative estimate of drug-likeness (QED) is 0.826. The van der Waals surface area contributed by atoms with E-state index in [1.165, 1.54) is 13.3 Å². The molecule has 5 nitrogen and oxygen atoms in total. The largest absolute Gasteiger partial charge is 0.465 e. The number of nitrogen functional groups attached to an aromatic ring is 1. The van der Waals surface area contributed by atoms with Crippen LogP contribution in [0, 0.1) is 6.92 Å². The van der Waals surface area contributed by atoms with Gasteiger partial charge in [0.05, 0.1) is 18.4 Å². The molecule has 0 aliphatic heterocycles. The van der Waals surface area contributed by atoms with Crippen LogP contribution in [-0.2, 0) is 4.74 Å². The van der Waals surface area contributed by atoms with Crippen LogP contribution in [0.2, 0.25) is 0 Å². The van der Waals surface area contributed by atoms with Crippen LogP contribution in [0.25, 0.3) is 0 Å². The number of nitrogens with zero attached hydrogens (tertiary/aromatic N) is 1. The fourth-order valence-electron chi connectivity index (χ4n) is 1.66. The Bertz CT molecular complexity index is 611. The van der Waals surface area contributed by atoms with E-state index in [0.717, 1.165) is 11.3 Å². The lowest BCUT2D eigenvalue weighted by Crippen LogP contribution is -2.06. The van der Waals surface area contributed by atoms with Crippen molar-refractivity contribution in [1.82, 2.24) is 4.98 Å². The van der Waals surface area contributed by atoms with E-state index in [4.69, 9.17) is 5.73 Å². The molecule has 1 aromatic heterocycles. The summed E-state index contributed by atoms with van der Waals surface area (Å²) in [5.41, 5.74) is 8.61. The smallest absolute Gasteiger partial charge is 0.339 e. The molecule has 0 aliphatic carbocycles. The minimum atomic E-state index is -0.457. The third-order valence-electron chi connectivity index (χ3n) is 2.74. The van der Waals surface area contributed by atoms with E-state index in [1.54, 1.807) is 6.07 Å². The number of anilines is 3. The van der Waals surface area contributed by atoms with Gasteiger partial charge in [-0.25, -0.2) is 9.78 Å². The second-order valence-electron chi connectivity index (χ2n) is 4.09. The lowest BCUT2D eigenvalue weighted by Gasteiger charge is -2.11. The maximum absolute atomic E-state index is 11.4. The second kappa shape index (κ2) is 5.39. The normalized spacial score (nSPS) is 10.0. The highest BCUT2D eigenvalue weighted by atomic mass is 16.5. The predicted octanol–water partition coefficient (Wildman–Crippen LogP) is 2.50. The number of pyridine rings is 1. The minimum Gasteiger partial charge on any atom is -0.465 e. The Kier molecular flexibility index (Phi) is 3.66. The number of esters is 1. The average molecular weight is 257 g/mol. The summed E-state index contributed by atoms with van der Waals surface area (Å²) < 4.78 is 4.61. The van der Waals surface area contributed by atoms with Gasteiger partial charge in [0, 0.05) is 11.9 Å². The number of aryl methyl sites for hydroxylation is 1. The zero-order chi connectivity index (χ0) is 13.8. The van der Waals surface area contributed by atoms with Gasteiger partial charge in [0.1, 0.15) is 0 Å². The summed E-state index contributed by atoms with van der Waals surface area (Å²) in [6.07, 6.45) is 1.43. The van der Waals surface area contributed by atoms with E-state index in [9.17, 15) is 4.79 Å². The molecule has 0 amide bonds. The number of ether oxygens (including phenoxy) is 1. The topological polar surface area (TPSA) is 77.2 Å². The van der Waals surface area contributed by atoms with Crippen molar-refractivity contribution in [2.75, 3.05) is 18.2 Å². The Hall–Kier alpha value is -2.56. The molecule has 0 radical (unpaired) electrons. The highest BCUT2D eigenvalue weighted by molar-refractivity contribution is 5.91. The molecule has 0 bridgehead atoms. The number of methoxy groups -OCH3 is 1. The molecule has 98 valence electrons. The van der Waals surface area contributed by atoms with Crippen molar-refractivity contribution in [1.29, 1.82) is 0 Å². The summed E-state index contributed by atoms with van der Waals surface area (Å²) in [7, 11) is 1.32. The van der Waals surface area contributed by atoms with Gasteiger partial charge in [0.2, 0.25) is 0 Å². The van der Waals surface area contributed by atoms with Gasteiger partial charge in [-0.3, -0.25) is 0 Å². The first-order chi connectivity index (χ1) is 9.11. The number of carbonyl (C=O) groups is 1. The van der Waals surface area contributed by atoms with Crippen LogP contribution < -0.4 is 11.1 Å². The summed E-state index contributed by atoms with van der Waals surface area (Å²) in [5.74, 6) is 0.0589. The fourth-order valence-corrected chi connectivity index (χ4v) is 1.66. The maximum Gasteiger partial charge on any atom is 0.339 e. The van der Waals surface area contributed by atoms with Crippen LogP contribution in [0.1, 0.15) is 15.9 Å². The van der Waals surface area contributed by atoms with Gasteiger partial charge in [-0.1, -0.05) is 18.2 Å². The number of aromatic nitrogens is 1. The van der Waals surface area contributed by atoms with Gasteiger partial charge in [-0.15, -0.1) is 0 Å². The molecule has 0 atom stereocenters. The fraction of sp³-hybridized carbons (Fsp3) is 0.143. The van der Waals surface area contributed by atoms with Crippen molar-refractivity contribution in [2.45, 2.75) is 6.92 Å². The number of para-hydroxylation sites is 1. The zero-order valence-electron chi connectivity index (χ0n) is 10.8. The van der Waals surface area contributed by atoms with E-state index in [-0.39, 0.29) is 0 Å². The van der Waals surface area contributed by atoms with Crippen LogP contribution in [0.5, 0.6) is 0 Å². The number of rotatable bonds is 3. The highest BCUT2D eigenvalue weighted by Crippen LogP contribution is 2.23. The number of carbonyl (C=O) groups excluding carboxylic acids is 1. The standard InChI is InChI=1S/C14H15N3O2/c1-9-5-3-4-6-12(9)17-13-11(15)7-10(8-16-13)14(18)19-2/h3-8H,15H2,1-2H3,(H,16,17).